The smallest absolute Gasteiger partial charge is 0.243 e. The van der Waals surface area contributed by atoms with Gasteiger partial charge in [-0.25, -0.2) is 4.68 Å². The van der Waals surface area contributed by atoms with Crippen molar-refractivity contribution in [1.29, 1.82) is 0 Å². The number of nitrogens with zero attached hydrogens (tertiary/aromatic N) is 4. The van der Waals surface area contributed by atoms with Gasteiger partial charge in [0.25, 0.3) is 0 Å². The lowest BCUT2D eigenvalue weighted by Crippen LogP contribution is -2.28. The average Bonchev–Trinajstić information content (AvgIpc) is 3.03. The highest BCUT2D eigenvalue weighted by Gasteiger charge is 2.31. The zero-order chi connectivity index (χ0) is 15.8. The fourth-order valence-electron chi connectivity index (χ4n) is 2.98. The molecule has 23 heavy (non-hydrogen) atoms. The molecule has 1 N–H and O–H groups in total. The SMILES string of the molecule is Brc1cccc(C2CC(c3ccccc3I)n3nnnc3N2)c1. The number of benzene rings is 2. The van der Waals surface area contributed by atoms with Gasteiger partial charge in [-0.1, -0.05) is 51.4 Å². The molecular weight excluding hydrogens is 469 g/mol. The minimum Gasteiger partial charge on any atom is -0.346 e. The summed E-state index contributed by atoms with van der Waals surface area (Å²) < 4.78 is 4.19. The summed E-state index contributed by atoms with van der Waals surface area (Å²) in [4.78, 5) is 0. The van der Waals surface area contributed by atoms with Gasteiger partial charge in [-0.15, -0.1) is 0 Å². The number of hydrogen-bond acceptors (Lipinski definition) is 4. The summed E-state index contributed by atoms with van der Waals surface area (Å²) in [6, 6.07) is 17.1. The molecule has 0 radical (unpaired) electrons. The molecule has 1 aromatic heterocycles. The van der Waals surface area contributed by atoms with Gasteiger partial charge < -0.3 is 5.32 Å². The number of rotatable bonds is 2. The third-order valence-corrected chi connectivity index (χ3v) is 5.54. The molecule has 7 heteroatoms. The molecule has 2 heterocycles. The van der Waals surface area contributed by atoms with E-state index in [4.69, 9.17) is 0 Å². The number of aromatic nitrogens is 4. The van der Waals surface area contributed by atoms with Crippen LogP contribution in [-0.4, -0.2) is 20.2 Å². The number of halogens is 2. The number of hydrogen-bond donors (Lipinski definition) is 1. The van der Waals surface area contributed by atoms with Crippen molar-refractivity contribution in [1.82, 2.24) is 20.2 Å². The van der Waals surface area contributed by atoms with E-state index in [1.54, 1.807) is 0 Å². The maximum atomic E-state index is 4.18. The number of nitrogens with one attached hydrogen (secondary N) is 1. The second-order valence-electron chi connectivity index (χ2n) is 5.47. The fourth-order valence-corrected chi connectivity index (χ4v) is 4.15. The van der Waals surface area contributed by atoms with Gasteiger partial charge in [0.2, 0.25) is 5.95 Å². The predicted molar refractivity (Wildman–Crippen MR) is 100 cm³/mol. The van der Waals surface area contributed by atoms with E-state index in [1.807, 2.05) is 10.7 Å². The Morgan fingerprint density at radius 1 is 1.17 bits per heavy atom. The molecule has 0 saturated carbocycles. The van der Waals surface area contributed by atoms with E-state index in [-0.39, 0.29) is 12.1 Å². The second-order valence-corrected chi connectivity index (χ2v) is 7.55. The Bertz CT molecular complexity index is 850. The van der Waals surface area contributed by atoms with Crippen LogP contribution in [0.4, 0.5) is 5.95 Å². The average molecular weight is 482 g/mol. The van der Waals surface area contributed by atoms with E-state index in [0.717, 1.165) is 10.9 Å². The fraction of sp³-hybridized carbons (Fsp3) is 0.188. The highest BCUT2D eigenvalue weighted by molar-refractivity contribution is 14.1. The van der Waals surface area contributed by atoms with Crippen molar-refractivity contribution < 1.29 is 0 Å². The van der Waals surface area contributed by atoms with Crippen LogP contribution in [0, 0.1) is 3.57 Å². The van der Waals surface area contributed by atoms with Crippen LogP contribution in [0.25, 0.3) is 0 Å². The molecule has 3 aromatic rings. The molecule has 0 amide bonds. The summed E-state index contributed by atoms with van der Waals surface area (Å²) in [6.07, 6.45) is 0.897. The zero-order valence-electron chi connectivity index (χ0n) is 12.0. The first kappa shape index (κ1) is 15.1. The third-order valence-electron chi connectivity index (χ3n) is 4.07. The van der Waals surface area contributed by atoms with Crippen molar-refractivity contribution in [2.24, 2.45) is 0 Å². The Hall–Kier alpha value is -1.48. The predicted octanol–water partition coefficient (Wildman–Crippen LogP) is 4.19. The number of anilines is 1. The van der Waals surface area contributed by atoms with Crippen molar-refractivity contribution in [3.05, 3.63) is 67.7 Å². The van der Waals surface area contributed by atoms with Gasteiger partial charge in [0.1, 0.15) is 0 Å². The van der Waals surface area contributed by atoms with Crippen LogP contribution in [0.1, 0.15) is 29.6 Å². The molecule has 2 aromatic carbocycles. The molecule has 0 aliphatic carbocycles. The van der Waals surface area contributed by atoms with Crippen LogP contribution in [0.3, 0.4) is 0 Å². The maximum absolute atomic E-state index is 4.18. The highest BCUT2D eigenvalue weighted by atomic mass is 127. The molecule has 0 fully saturated rings. The molecule has 1 aliphatic heterocycles. The third kappa shape index (κ3) is 2.87. The Balaban J connectivity index is 1.77. The number of fused-ring (bicyclic) bond motifs is 1. The first-order valence-electron chi connectivity index (χ1n) is 7.26. The van der Waals surface area contributed by atoms with Crippen LogP contribution < -0.4 is 5.32 Å². The lowest BCUT2D eigenvalue weighted by Gasteiger charge is -2.31. The van der Waals surface area contributed by atoms with Gasteiger partial charge in [0.05, 0.1) is 12.1 Å². The van der Waals surface area contributed by atoms with Crippen molar-refractivity contribution in [3.8, 4) is 0 Å². The molecule has 116 valence electrons. The van der Waals surface area contributed by atoms with E-state index in [9.17, 15) is 0 Å². The van der Waals surface area contributed by atoms with Crippen molar-refractivity contribution in [3.63, 3.8) is 0 Å². The Morgan fingerprint density at radius 2 is 2.04 bits per heavy atom. The molecule has 1 aliphatic rings. The van der Waals surface area contributed by atoms with Gasteiger partial charge in [0.15, 0.2) is 0 Å². The molecule has 0 spiro atoms. The number of tetrazole rings is 1. The van der Waals surface area contributed by atoms with Gasteiger partial charge >= 0.3 is 0 Å². The van der Waals surface area contributed by atoms with Crippen LogP contribution in [0.2, 0.25) is 0 Å². The first-order valence-corrected chi connectivity index (χ1v) is 9.14. The van der Waals surface area contributed by atoms with Crippen molar-refractivity contribution in [2.75, 3.05) is 5.32 Å². The summed E-state index contributed by atoms with van der Waals surface area (Å²) in [6.45, 7) is 0. The van der Waals surface area contributed by atoms with Crippen LogP contribution in [-0.2, 0) is 0 Å². The molecule has 4 rings (SSSR count). The van der Waals surface area contributed by atoms with E-state index in [0.29, 0.717) is 5.95 Å². The summed E-state index contributed by atoms with van der Waals surface area (Å²) in [7, 11) is 0. The van der Waals surface area contributed by atoms with Crippen LogP contribution in [0.15, 0.2) is 53.0 Å². The van der Waals surface area contributed by atoms with E-state index in [2.05, 4.69) is 102 Å². The zero-order valence-corrected chi connectivity index (χ0v) is 15.8. The largest absolute Gasteiger partial charge is 0.346 e. The Kier molecular flexibility index (Phi) is 4.06. The molecule has 2 atom stereocenters. The maximum Gasteiger partial charge on any atom is 0.243 e. The van der Waals surface area contributed by atoms with Gasteiger partial charge in [-0.2, -0.15) is 0 Å². The molecule has 0 saturated heterocycles. The van der Waals surface area contributed by atoms with Crippen LogP contribution in [0.5, 0.6) is 0 Å². The van der Waals surface area contributed by atoms with E-state index < -0.39 is 0 Å². The van der Waals surface area contributed by atoms with Crippen molar-refractivity contribution in [2.45, 2.75) is 18.5 Å². The topological polar surface area (TPSA) is 55.6 Å². The summed E-state index contributed by atoms with van der Waals surface area (Å²) >= 11 is 5.93. The summed E-state index contributed by atoms with van der Waals surface area (Å²) in [5, 5.41) is 15.6. The van der Waals surface area contributed by atoms with E-state index >= 15 is 0 Å². The van der Waals surface area contributed by atoms with E-state index in [1.165, 1.54) is 14.7 Å². The van der Waals surface area contributed by atoms with Crippen LogP contribution >= 0.6 is 38.5 Å². The lowest BCUT2D eigenvalue weighted by molar-refractivity contribution is 0.422. The molecule has 5 nitrogen and oxygen atoms in total. The molecular formula is C16H13BrIN5. The molecule has 0 bridgehead atoms. The summed E-state index contributed by atoms with van der Waals surface area (Å²) in [5.74, 6) is 0.714. The second kappa shape index (κ2) is 6.20. The normalized spacial score (nSPS) is 19.9. The van der Waals surface area contributed by atoms with Crippen molar-refractivity contribution >= 4 is 44.5 Å². The minimum absolute atomic E-state index is 0.123. The monoisotopic (exact) mass is 481 g/mol. The first-order chi connectivity index (χ1) is 11.2. The molecule has 2 unspecified atom stereocenters. The van der Waals surface area contributed by atoms with Gasteiger partial charge in [-0.3, -0.25) is 0 Å². The summed E-state index contributed by atoms with van der Waals surface area (Å²) in [5.41, 5.74) is 2.48. The Morgan fingerprint density at radius 3 is 2.87 bits per heavy atom. The van der Waals surface area contributed by atoms with Gasteiger partial charge in [-0.05, 0) is 68.8 Å². The minimum atomic E-state index is 0.123. The Labute approximate surface area is 155 Å². The van der Waals surface area contributed by atoms with Gasteiger partial charge in [0, 0.05) is 8.04 Å². The highest BCUT2D eigenvalue weighted by Crippen LogP contribution is 2.38. The standard InChI is InChI=1S/C16H13BrIN5/c17-11-5-3-4-10(8-11)14-9-15(12-6-1-2-7-13(12)18)23-16(19-14)20-21-22-23/h1-8,14-15H,9H2,(H,19,20,22). The quantitative estimate of drug-likeness (QED) is 0.558. The lowest BCUT2D eigenvalue weighted by atomic mass is 9.93.